The van der Waals surface area contributed by atoms with Crippen molar-refractivity contribution in [3.63, 3.8) is 0 Å². The molecule has 0 aromatic carbocycles. The molecular weight excluding hydrogens is 328 g/mol. The minimum atomic E-state index is 0.522. The second-order valence-electron chi connectivity index (χ2n) is 7.19. The van der Waals surface area contributed by atoms with E-state index in [0.29, 0.717) is 12.5 Å². The van der Waals surface area contributed by atoms with Crippen LogP contribution in [0.3, 0.4) is 0 Å². The molecule has 8 heteroatoms. The lowest BCUT2D eigenvalue weighted by atomic mass is 10.0. The van der Waals surface area contributed by atoms with E-state index in [2.05, 4.69) is 43.2 Å². The van der Waals surface area contributed by atoms with Crippen LogP contribution < -0.4 is 5.32 Å². The first-order valence-electron chi connectivity index (χ1n) is 9.67. The van der Waals surface area contributed by atoms with E-state index in [1.54, 1.807) is 0 Å². The molecule has 1 fully saturated rings. The molecule has 0 radical (unpaired) electrons. The summed E-state index contributed by atoms with van der Waals surface area (Å²) >= 11 is 0. The number of rotatable bonds is 4. The molecule has 0 saturated carbocycles. The fraction of sp³-hybridized carbons (Fsp3) is 0.667. The summed E-state index contributed by atoms with van der Waals surface area (Å²) in [5.74, 6) is 3.60. The van der Waals surface area contributed by atoms with E-state index in [4.69, 9.17) is 4.99 Å². The van der Waals surface area contributed by atoms with Gasteiger partial charge in [0.2, 0.25) is 0 Å². The van der Waals surface area contributed by atoms with Gasteiger partial charge in [-0.15, -0.1) is 10.2 Å². The number of hydrogen-bond donors (Lipinski definition) is 1. The van der Waals surface area contributed by atoms with E-state index < -0.39 is 0 Å². The number of guanidine groups is 1. The van der Waals surface area contributed by atoms with Gasteiger partial charge in [0.1, 0.15) is 12.4 Å². The normalized spacial score (nSPS) is 20.5. The zero-order chi connectivity index (χ0) is 17.9. The lowest BCUT2D eigenvalue weighted by Gasteiger charge is -2.21. The Labute approximate surface area is 154 Å². The summed E-state index contributed by atoms with van der Waals surface area (Å²) in [6.07, 6.45) is 8.71. The van der Waals surface area contributed by atoms with E-state index >= 15 is 0 Å². The van der Waals surface area contributed by atoms with Crippen molar-refractivity contribution in [1.29, 1.82) is 0 Å². The fourth-order valence-corrected chi connectivity index (χ4v) is 3.93. The maximum absolute atomic E-state index is 4.87. The molecule has 2 aliphatic rings. The summed E-state index contributed by atoms with van der Waals surface area (Å²) in [6, 6.07) is 0. The molecule has 0 aliphatic carbocycles. The quantitative estimate of drug-likeness (QED) is 0.660. The van der Waals surface area contributed by atoms with Crippen molar-refractivity contribution in [2.75, 3.05) is 19.6 Å². The summed E-state index contributed by atoms with van der Waals surface area (Å²) < 4.78 is 4.13. The average Bonchev–Trinajstić information content (AvgIpc) is 3.38. The van der Waals surface area contributed by atoms with Gasteiger partial charge in [0.05, 0.1) is 6.20 Å². The van der Waals surface area contributed by atoms with E-state index in [0.717, 1.165) is 56.6 Å². The molecule has 0 bridgehead atoms. The third-order valence-electron chi connectivity index (χ3n) is 5.33. The molecule has 26 heavy (non-hydrogen) atoms. The Morgan fingerprint density at radius 1 is 1.31 bits per heavy atom. The number of nitrogens with zero attached hydrogens (tertiary/aromatic N) is 7. The van der Waals surface area contributed by atoms with Crippen molar-refractivity contribution in [1.82, 2.24) is 34.8 Å². The Morgan fingerprint density at radius 2 is 2.23 bits per heavy atom. The Morgan fingerprint density at radius 3 is 3.04 bits per heavy atom. The fourth-order valence-electron chi connectivity index (χ4n) is 3.93. The minimum Gasteiger partial charge on any atom is -0.357 e. The van der Waals surface area contributed by atoms with Crippen molar-refractivity contribution in [2.45, 2.75) is 51.6 Å². The van der Waals surface area contributed by atoms with Crippen LogP contribution in [0.4, 0.5) is 0 Å². The molecule has 0 spiro atoms. The SMILES string of the molecule is CCNC(=NCc1nnc2n1CCCC2)N1CCC(c2cnn(C)c2)C1. The number of likely N-dealkylation sites (tertiary alicyclic amines) is 1. The van der Waals surface area contributed by atoms with Crippen molar-refractivity contribution in [3.8, 4) is 0 Å². The lowest BCUT2D eigenvalue weighted by molar-refractivity contribution is 0.482. The van der Waals surface area contributed by atoms with Gasteiger partial charge in [-0.25, -0.2) is 4.99 Å². The Hall–Kier alpha value is -2.38. The monoisotopic (exact) mass is 356 g/mol. The van der Waals surface area contributed by atoms with Gasteiger partial charge in [0, 0.05) is 51.8 Å². The highest BCUT2D eigenvalue weighted by Crippen LogP contribution is 2.26. The van der Waals surface area contributed by atoms with Crippen LogP contribution in [0.15, 0.2) is 17.4 Å². The molecule has 2 aromatic heterocycles. The Kier molecular flexibility index (Phi) is 4.90. The molecule has 2 aliphatic heterocycles. The van der Waals surface area contributed by atoms with Crippen LogP contribution in [-0.4, -0.2) is 55.0 Å². The summed E-state index contributed by atoms with van der Waals surface area (Å²) in [7, 11) is 1.97. The third kappa shape index (κ3) is 3.45. The zero-order valence-electron chi connectivity index (χ0n) is 15.7. The largest absolute Gasteiger partial charge is 0.357 e. The van der Waals surface area contributed by atoms with Gasteiger partial charge >= 0.3 is 0 Å². The number of aliphatic imine (C=N–C) groups is 1. The molecule has 8 nitrogen and oxygen atoms in total. The molecule has 0 amide bonds. The second-order valence-corrected chi connectivity index (χ2v) is 7.19. The molecular formula is C18H28N8. The number of aromatic nitrogens is 5. The minimum absolute atomic E-state index is 0.522. The Bertz CT molecular complexity index is 774. The van der Waals surface area contributed by atoms with Gasteiger partial charge in [-0.1, -0.05) is 0 Å². The molecule has 1 unspecified atom stereocenters. The molecule has 1 atom stereocenters. The summed E-state index contributed by atoms with van der Waals surface area (Å²) in [5, 5.41) is 16.5. The molecule has 4 heterocycles. The van der Waals surface area contributed by atoms with Crippen LogP contribution in [0.25, 0.3) is 0 Å². The molecule has 1 saturated heterocycles. The van der Waals surface area contributed by atoms with Gasteiger partial charge in [-0.3, -0.25) is 4.68 Å². The molecule has 1 N–H and O–H groups in total. The first-order chi connectivity index (χ1) is 12.7. The third-order valence-corrected chi connectivity index (χ3v) is 5.33. The van der Waals surface area contributed by atoms with E-state index in [1.807, 2.05) is 17.9 Å². The summed E-state index contributed by atoms with van der Waals surface area (Å²) in [4.78, 5) is 7.22. The highest BCUT2D eigenvalue weighted by Gasteiger charge is 2.27. The maximum Gasteiger partial charge on any atom is 0.194 e. The van der Waals surface area contributed by atoms with Crippen LogP contribution in [0, 0.1) is 0 Å². The van der Waals surface area contributed by atoms with E-state index in [-0.39, 0.29) is 0 Å². The number of fused-ring (bicyclic) bond motifs is 1. The van der Waals surface area contributed by atoms with Gasteiger partial charge < -0.3 is 14.8 Å². The predicted octanol–water partition coefficient (Wildman–Crippen LogP) is 1.30. The van der Waals surface area contributed by atoms with Crippen molar-refractivity contribution < 1.29 is 0 Å². The highest BCUT2D eigenvalue weighted by atomic mass is 15.3. The average molecular weight is 356 g/mol. The number of aryl methyl sites for hydroxylation is 2. The standard InChI is InChI=1S/C18H28N8/c1-3-19-18(20-11-17-23-22-16-6-4-5-8-26(16)17)25-9-7-14(13-25)15-10-21-24(2)12-15/h10,12,14H,3-9,11,13H2,1-2H3,(H,19,20). The molecule has 2 aromatic rings. The lowest BCUT2D eigenvalue weighted by Crippen LogP contribution is -2.40. The summed E-state index contributed by atoms with van der Waals surface area (Å²) in [6.45, 7) is 6.59. The topological polar surface area (TPSA) is 76.2 Å². The summed E-state index contributed by atoms with van der Waals surface area (Å²) in [5.41, 5.74) is 1.32. The van der Waals surface area contributed by atoms with Crippen molar-refractivity contribution in [3.05, 3.63) is 29.6 Å². The number of nitrogens with one attached hydrogen (secondary N) is 1. The first-order valence-corrected chi connectivity index (χ1v) is 9.67. The van der Waals surface area contributed by atoms with Crippen LogP contribution >= 0.6 is 0 Å². The van der Waals surface area contributed by atoms with Gasteiger partial charge in [0.25, 0.3) is 0 Å². The van der Waals surface area contributed by atoms with Crippen LogP contribution in [0.1, 0.15) is 49.3 Å². The van der Waals surface area contributed by atoms with Gasteiger partial charge in [-0.05, 0) is 31.7 Å². The Balaban J connectivity index is 1.45. The van der Waals surface area contributed by atoms with Crippen LogP contribution in [0.5, 0.6) is 0 Å². The maximum atomic E-state index is 4.87. The highest BCUT2D eigenvalue weighted by molar-refractivity contribution is 5.80. The smallest absolute Gasteiger partial charge is 0.194 e. The van der Waals surface area contributed by atoms with Gasteiger partial charge in [-0.2, -0.15) is 5.10 Å². The predicted molar refractivity (Wildman–Crippen MR) is 99.9 cm³/mol. The van der Waals surface area contributed by atoms with Crippen molar-refractivity contribution >= 4 is 5.96 Å². The van der Waals surface area contributed by atoms with Crippen molar-refractivity contribution in [2.24, 2.45) is 12.0 Å². The molecule has 140 valence electrons. The first kappa shape index (κ1) is 17.1. The van der Waals surface area contributed by atoms with Crippen LogP contribution in [-0.2, 0) is 26.6 Å². The van der Waals surface area contributed by atoms with Crippen LogP contribution in [0.2, 0.25) is 0 Å². The molecule has 4 rings (SSSR count). The number of hydrogen-bond acceptors (Lipinski definition) is 4. The second kappa shape index (κ2) is 7.47. The van der Waals surface area contributed by atoms with E-state index in [9.17, 15) is 0 Å². The zero-order valence-corrected chi connectivity index (χ0v) is 15.7. The van der Waals surface area contributed by atoms with Gasteiger partial charge in [0.15, 0.2) is 11.8 Å². The van der Waals surface area contributed by atoms with E-state index in [1.165, 1.54) is 18.4 Å².